The highest BCUT2D eigenvalue weighted by Gasteiger charge is 2.37. The van der Waals surface area contributed by atoms with Crippen LogP contribution in [0.1, 0.15) is 25.3 Å². The molecule has 9 heteroatoms. The molecule has 0 saturated heterocycles. The van der Waals surface area contributed by atoms with E-state index in [1.165, 1.54) is 25.6 Å². The fourth-order valence-electron chi connectivity index (χ4n) is 4.23. The first-order chi connectivity index (χ1) is 17.4. The van der Waals surface area contributed by atoms with Gasteiger partial charge in [-0.25, -0.2) is 14.6 Å². The summed E-state index contributed by atoms with van der Waals surface area (Å²) in [6.07, 6.45) is 0. The normalized spacial score (nSPS) is 13.8. The van der Waals surface area contributed by atoms with Crippen molar-refractivity contribution in [3.63, 3.8) is 0 Å². The Kier molecular flexibility index (Phi) is 7.40. The third-order valence-corrected chi connectivity index (χ3v) is 6.69. The van der Waals surface area contributed by atoms with Gasteiger partial charge in [0.2, 0.25) is 0 Å². The minimum absolute atomic E-state index is 0.358. The first-order valence-corrected chi connectivity index (χ1v) is 12.1. The third kappa shape index (κ3) is 4.96. The van der Waals surface area contributed by atoms with E-state index in [1.54, 1.807) is 21.0 Å². The summed E-state index contributed by atoms with van der Waals surface area (Å²) in [5, 5.41) is 9.14. The minimum atomic E-state index is -0.654. The molecule has 36 heavy (non-hydrogen) atoms. The fourth-order valence-corrected chi connectivity index (χ4v) is 4.97. The summed E-state index contributed by atoms with van der Waals surface area (Å²) in [6.45, 7) is 3.57. The molecule has 0 atom stereocenters. The largest absolute Gasteiger partial charge is 0.497 e. The maximum atomic E-state index is 12.8. The minimum Gasteiger partial charge on any atom is -0.497 e. The summed E-state index contributed by atoms with van der Waals surface area (Å²) >= 11 is 1.48. The third-order valence-electron chi connectivity index (χ3n) is 5.93. The molecule has 3 aromatic rings. The number of hydrogen-bond donors (Lipinski definition) is 2. The van der Waals surface area contributed by atoms with Crippen LogP contribution >= 0.6 is 11.3 Å². The van der Waals surface area contributed by atoms with Crippen molar-refractivity contribution in [3.8, 4) is 17.0 Å². The van der Waals surface area contributed by atoms with E-state index in [2.05, 4.69) is 10.6 Å². The Morgan fingerprint density at radius 2 is 1.58 bits per heavy atom. The molecule has 2 N–H and O–H groups in total. The fraction of sp³-hybridized carbons (Fsp3) is 0.222. The molecule has 0 spiro atoms. The second-order valence-corrected chi connectivity index (χ2v) is 8.99. The Morgan fingerprint density at radius 1 is 0.944 bits per heavy atom. The van der Waals surface area contributed by atoms with Gasteiger partial charge in [-0.3, -0.25) is 0 Å². The van der Waals surface area contributed by atoms with Gasteiger partial charge in [0, 0.05) is 28.0 Å². The zero-order valence-electron chi connectivity index (χ0n) is 20.7. The summed E-state index contributed by atoms with van der Waals surface area (Å²) in [7, 11) is 4.28. The van der Waals surface area contributed by atoms with E-state index < -0.39 is 17.9 Å². The molecule has 1 aliphatic heterocycles. The van der Waals surface area contributed by atoms with Gasteiger partial charge in [-0.05, 0) is 55.8 Å². The lowest BCUT2D eigenvalue weighted by atomic mass is 9.80. The van der Waals surface area contributed by atoms with Crippen molar-refractivity contribution in [2.45, 2.75) is 19.8 Å². The van der Waals surface area contributed by atoms with Crippen LogP contribution in [-0.4, -0.2) is 38.3 Å². The molecule has 0 fully saturated rings. The monoisotopic (exact) mass is 505 g/mol. The predicted molar refractivity (Wildman–Crippen MR) is 139 cm³/mol. The van der Waals surface area contributed by atoms with Gasteiger partial charge in [-0.15, -0.1) is 11.3 Å². The number of anilines is 2. The molecule has 2 aromatic carbocycles. The molecule has 8 nitrogen and oxygen atoms in total. The highest BCUT2D eigenvalue weighted by Crippen LogP contribution is 2.40. The topological polar surface area (TPSA) is 98.8 Å². The molecular weight excluding hydrogens is 478 g/mol. The molecular formula is C27H27N3O5S. The molecule has 4 rings (SSSR count). The molecule has 1 aliphatic rings. The Labute approximate surface area is 213 Å². The number of ether oxygens (including phenoxy) is 3. The highest BCUT2D eigenvalue weighted by molar-refractivity contribution is 7.14. The van der Waals surface area contributed by atoms with E-state index in [-0.39, 0.29) is 0 Å². The van der Waals surface area contributed by atoms with E-state index in [0.717, 1.165) is 28.3 Å². The van der Waals surface area contributed by atoms with Gasteiger partial charge in [0.05, 0.1) is 44.1 Å². The molecule has 0 aliphatic carbocycles. The predicted octanol–water partition coefficient (Wildman–Crippen LogP) is 5.14. The second-order valence-electron chi connectivity index (χ2n) is 8.14. The summed E-state index contributed by atoms with van der Waals surface area (Å²) in [6, 6.07) is 15.3. The van der Waals surface area contributed by atoms with Gasteiger partial charge in [0.1, 0.15) is 5.75 Å². The molecule has 2 heterocycles. The van der Waals surface area contributed by atoms with E-state index in [4.69, 9.17) is 19.2 Å². The average molecular weight is 506 g/mol. The van der Waals surface area contributed by atoms with Crippen LogP contribution in [0.3, 0.4) is 0 Å². The lowest BCUT2D eigenvalue weighted by molar-refractivity contribution is -0.137. The number of dihydropyridines is 1. The summed E-state index contributed by atoms with van der Waals surface area (Å²) in [5.74, 6) is -0.894. The number of rotatable bonds is 7. The van der Waals surface area contributed by atoms with Crippen LogP contribution in [0.2, 0.25) is 0 Å². The number of aromatic nitrogens is 1. The molecule has 0 amide bonds. The van der Waals surface area contributed by atoms with E-state index >= 15 is 0 Å². The smallest absolute Gasteiger partial charge is 0.336 e. The van der Waals surface area contributed by atoms with Gasteiger partial charge in [-0.1, -0.05) is 12.1 Å². The van der Waals surface area contributed by atoms with Gasteiger partial charge < -0.3 is 24.8 Å². The molecule has 0 unspecified atom stereocenters. The molecule has 0 radical (unpaired) electrons. The number of carbonyl (C=O) groups excluding carboxylic acids is 2. The van der Waals surface area contributed by atoms with Crippen molar-refractivity contribution in [3.05, 3.63) is 82.0 Å². The summed E-state index contributed by atoms with van der Waals surface area (Å²) in [4.78, 5) is 30.2. The summed E-state index contributed by atoms with van der Waals surface area (Å²) < 4.78 is 15.3. The zero-order chi connectivity index (χ0) is 25.8. The number of methoxy groups -OCH3 is 3. The number of esters is 2. The Bertz CT molecular complexity index is 1320. The lowest BCUT2D eigenvalue weighted by Crippen LogP contribution is -2.32. The maximum Gasteiger partial charge on any atom is 0.336 e. The van der Waals surface area contributed by atoms with E-state index in [1.807, 2.05) is 53.9 Å². The van der Waals surface area contributed by atoms with Crippen molar-refractivity contribution in [1.29, 1.82) is 0 Å². The van der Waals surface area contributed by atoms with Crippen LogP contribution in [0.15, 0.2) is 76.5 Å². The van der Waals surface area contributed by atoms with E-state index in [0.29, 0.717) is 27.7 Å². The Morgan fingerprint density at radius 3 is 2.17 bits per heavy atom. The number of hydrogen-bond acceptors (Lipinski definition) is 9. The van der Waals surface area contributed by atoms with Gasteiger partial charge in [-0.2, -0.15) is 0 Å². The van der Waals surface area contributed by atoms with Crippen LogP contribution in [0.4, 0.5) is 10.8 Å². The van der Waals surface area contributed by atoms with Gasteiger partial charge in [0.15, 0.2) is 5.13 Å². The SMILES string of the molecule is COC(=O)C1=C(C)NC(C)=C(C(=O)OC)C1c1cccc(Nc2nc(-c3ccc(OC)cc3)cs2)c1. The first kappa shape index (κ1) is 25.0. The number of allylic oxidation sites excluding steroid dienone is 2. The average Bonchev–Trinajstić information content (AvgIpc) is 3.36. The van der Waals surface area contributed by atoms with Crippen molar-refractivity contribution in [2.24, 2.45) is 0 Å². The molecule has 0 bridgehead atoms. The quantitative estimate of drug-likeness (QED) is 0.426. The lowest BCUT2D eigenvalue weighted by Gasteiger charge is -2.30. The van der Waals surface area contributed by atoms with Crippen LogP contribution in [-0.2, 0) is 19.1 Å². The molecule has 0 saturated carbocycles. The van der Waals surface area contributed by atoms with Crippen LogP contribution < -0.4 is 15.4 Å². The maximum absolute atomic E-state index is 12.8. The number of thiazole rings is 1. The number of carbonyl (C=O) groups is 2. The molecule has 1 aromatic heterocycles. The number of nitrogens with zero attached hydrogens (tertiary/aromatic N) is 1. The first-order valence-electron chi connectivity index (χ1n) is 11.2. The number of nitrogens with one attached hydrogen (secondary N) is 2. The van der Waals surface area contributed by atoms with Crippen molar-refractivity contribution in [1.82, 2.24) is 10.3 Å². The van der Waals surface area contributed by atoms with Gasteiger partial charge in [0.25, 0.3) is 0 Å². The molecule has 186 valence electrons. The zero-order valence-corrected chi connectivity index (χ0v) is 21.5. The van der Waals surface area contributed by atoms with Crippen LogP contribution in [0, 0.1) is 0 Å². The Balaban J connectivity index is 1.67. The van der Waals surface area contributed by atoms with Crippen molar-refractivity contribution < 1.29 is 23.8 Å². The van der Waals surface area contributed by atoms with Gasteiger partial charge >= 0.3 is 11.9 Å². The van der Waals surface area contributed by atoms with Crippen molar-refractivity contribution >= 4 is 34.1 Å². The van der Waals surface area contributed by atoms with Crippen LogP contribution in [0.5, 0.6) is 5.75 Å². The second kappa shape index (κ2) is 10.7. The van der Waals surface area contributed by atoms with E-state index in [9.17, 15) is 9.59 Å². The van der Waals surface area contributed by atoms with Crippen molar-refractivity contribution in [2.75, 3.05) is 26.6 Å². The summed E-state index contributed by atoms with van der Waals surface area (Å²) in [5.41, 5.74) is 5.30. The van der Waals surface area contributed by atoms with Crippen LogP contribution in [0.25, 0.3) is 11.3 Å². The Hall–Kier alpha value is -4.11. The standard InChI is InChI=1S/C27H27N3O5S/c1-15-22(25(31)34-4)24(23(16(2)28-15)26(32)35-5)18-7-6-8-19(13-18)29-27-30-21(14-36-27)17-9-11-20(33-3)12-10-17/h6-14,24,28H,1-5H3,(H,29,30). The number of benzene rings is 2. The highest BCUT2D eigenvalue weighted by atomic mass is 32.1.